The Hall–Kier alpha value is -3.68. The van der Waals surface area contributed by atoms with Crippen molar-refractivity contribution in [2.75, 3.05) is 0 Å². The highest BCUT2D eigenvalue weighted by molar-refractivity contribution is 5.79. The van der Waals surface area contributed by atoms with E-state index in [9.17, 15) is 9.59 Å². The predicted octanol–water partition coefficient (Wildman–Crippen LogP) is 3.28. The molecule has 0 spiro atoms. The molecule has 31 heavy (non-hydrogen) atoms. The summed E-state index contributed by atoms with van der Waals surface area (Å²) in [6.07, 6.45) is 8.19. The highest BCUT2D eigenvalue weighted by Gasteiger charge is 2.22. The summed E-state index contributed by atoms with van der Waals surface area (Å²) in [5.41, 5.74) is 3.96. The molecule has 1 aliphatic rings. The lowest BCUT2D eigenvalue weighted by atomic mass is 10.1. The fourth-order valence-corrected chi connectivity index (χ4v) is 4.25. The summed E-state index contributed by atoms with van der Waals surface area (Å²) in [7, 11) is 0. The van der Waals surface area contributed by atoms with Gasteiger partial charge in [0.2, 0.25) is 5.91 Å². The van der Waals surface area contributed by atoms with Crippen LogP contribution in [0.4, 0.5) is 0 Å². The molecule has 8 heteroatoms. The van der Waals surface area contributed by atoms with Crippen LogP contribution < -0.4 is 11.1 Å². The van der Waals surface area contributed by atoms with Gasteiger partial charge in [0.1, 0.15) is 6.54 Å². The van der Waals surface area contributed by atoms with Crippen LogP contribution in [0, 0.1) is 0 Å². The van der Waals surface area contributed by atoms with E-state index < -0.39 is 5.76 Å². The van der Waals surface area contributed by atoms with Gasteiger partial charge >= 0.3 is 5.76 Å². The number of oxazole rings is 1. The lowest BCUT2D eigenvalue weighted by Gasteiger charge is -2.14. The summed E-state index contributed by atoms with van der Waals surface area (Å²) in [4.78, 5) is 28.7. The number of aromatic nitrogens is 4. The Kier molecular flexibility index (Phi) is 5.11. The predicted molar refractivity (Wildman–Crippen MR) is 115 cm³/mol. The molecule has 0 bridgehead atoms. The summed E-state index contributed by atoms with van der Waals surface area (Å²) < 4.78 is 8.63. The first-order chi connectivity index (χ1) is 15.2. The number of fused-ring (bicyclic) bond motifs is 1. The topological polar surface area (TPSA) is 95.0 Å². The zero-order valence-corrected chi connectivity index (χ0v) is 17.0. The number of pyridine rings is 1. The molecule has 1 aliphatic carbocycles. The largest absolute Gasteiger partial charge is 0.420 e. The molecule has 0 saturated heterocycles. The average molecular weight is 417 g/mol. The summed E-state index contributed by atoms with van der Waals surface area (Å²) in [5.74, 6) is -0.809. The molecule has 4 aromatic rings. The summed E-state index contributed by atoms with van der Waals surface area (Å²) in [6, 6.07) is 13.4. The molecule has 0 atom stereocenters. The second-order valence-electron chi connectivity index (χ2n) is 7.84. The Balaban J connectivity index is 1.33. The summed E-state index contributed by atoms with van der Waals surface area (Å²) in [6.45, 7) is 0.192. The van der Waals surface area contributed by atoms with Gasteiger partial charge in [-0.15, -0.1) is 0 Å². The molecule has 1 fully saturated rings. The van der Waals surface area contributed by atoms with Gasteiger partial charge < -0.3 is 9.73 Å². The van der Waals surface area contributed by atoms with Crippen LogP contribution in [-0.2, 0) is 17.9 Å². The van der Waals surface area contributed by atoms with E-state index in [0.29, 0.717) is 23.7 Å². The van der Waals surface area contributed by atoms with Gasteiger partial charge in [-0.1, -0.05) is 25.0 Å². The number of carbonyl (C=O) groups is 1. The van der Waals surface area contributed by atoms with E-state index in [1.54, 1.807) is 30.6 Å². The first kappa shape index (κ1) is 19.3. The Morgan fingerprint density at radius 1 is 1.13 bits per heavy atom. The molecule has 0 unspecified atom stereocenters. The molecule has 3 aromatic heterocycles. The molecule has 5 rings (SSSR count). The standard InChI is InChI=1S/C23H23N5O3/c29-22(15-27-19-7-3-4-8-21(19)31-23(27)30)25-14-17-13-20(16-9-11-24-12-10-16)28(26-17)18-5-1-2-6-18/h3-4,7-13,18H,1-2,5-6,14-15H2,(H,25,29). The van der Waals surface area contributed by atoms with Crippen LogP contribution in [0.5, 0.6) is 0 Å². The van der Waals surface area contributed by atoms with Crippen LogP contribution in [0.15, 0.2) is 64.1 Å². The van der Waals surface area contributed by atoms with Crippen molar-refractivity contribution < 1.29 is 9.21 Å². The molecule has 1 saturated carbocycles. The number of carbonyl (C=O) groups excluding carboxylic acids is 1. The third kappa shape index (κ3) is 3.88. The number of rotatable bonds is 6. The first-order valence-corrected chi connectivity index (χ1v) is 10.5. The Labute approximate surface area is 178 Å². The minimum Gasteiger partial charge on any atom is -0.408 e. The maximum absolute atomic E-state index is 12.5. The van der Waals surface area contributed by atoms with Crippen LogP contribution in [0.3, 0.4) is 0 Å². The minimum absolute atomic E-state index is 0.101. The number of amides is 1. The number of para-hydroxylation sites is 2. The van der Waals surface area contributed by atoms with E-state index >= 15 is 0 Å². The number of hydrogen-bond acceptors (Lipinski definition) is 5. The molecular formula is C23H23N5O3. The van der Waals surface area contributed by atoms with Crippen molar-refractivity contribution in [2.24, 2.45) is 0 Å². The van der Waals surface area contributed by atoms with Gasteiger partial charge in [0.05, 0.1) is 29.5 Å². The van der Waals surface area contributed by atoms with Crippen molar-refractivity contribution in [3.05, 3.63) is 71.1 Å². The first-order valence-electron chi connectivity index (χ1n) is 10.5. The SMILES string of the molecule is O=C(Cn1c(=O)oc2ccccc21)NCc1cc(-c2ccncc2)n(C2CCCC2)n1. The molecule has 158 valence electrons. The van der Waals surface area contributed by atoms with Crippen molar-refractivity contribution >= 4 is 17.0 Å². The van der Waals surface area contributed by atoms with Gasteiger partial charge in [-0.3, -0.25) is 19.0 Å². The van der Waals surface area contributed by atoms with Gasteiger partial charge in [-0.05, 0) is 43.2 Å². The zero-order valence-electron chi connectivity index (χ0n) is 17.0. The average Bonchev–Trinajstić information content (AvgIpc) is 3.52. The highest BCUT2D eigenvalue weighted by atomic mass is 16.4. The number of hydrogen-bond donors (Lipinski definition) is 1. The van der Waals surface area contributed by atoms with Gasteiger partial charge in [0.15, 0.2) is 5.58 Å². The lowest BCUT2D eigenvalue weighted by Crippen LogP contribution is -2.30. The highest BCUT2D eigenvalue weighted by Crippen LogP contribution is 2.33. The zero-order chi connectivity index (χ0) is 21.2. The third-order valence-electron chi connectivity index (χ3n) is 5.78. The minimum atomic E-state index is -0.540. The monoisotopic (exact) mass is 417 g/mol. The molecule has 0 aliphatic heterocycles. The van der Waals surface area contributed by atoms with Crippen LogP contribution in [0.25, 0.3) is 22.4 Å². The van der Waals surface area contributed by atoms with Crippen molar-refractivity contribution in [2.45, 2.75) is 44.8 Å². The maximum Gasteiger partial charge on any atom is 0.420 e. The van der Waals surface area contributed by atoms with E-state index in [4.69, 9.17) is 9.52 Å². The number of nitrogens with zero attached hydrogens (tertiary/aromatic N) is 4. The van der Waals surface area contributed by atoms with Gasteiger partial charge in [0, 0.05) is 18.0 Å². The van der Waals surface area contributed by atoms with Gasteiger partial charge in [0.25, 0.3) is 0 Å². The second kappa shape index (κ2) is 8.22. The third-order valence-corrected chi connectivity index (χ3v) is 5.78. The second-order valence-corrected chi connectivity index (χ2v) is 7.84. The van der Waals surface area contributed by atoms with E-state index in [1.807, 2.05) is 24.3 Å². The van der Waals surface area contributed by atoms with Crippen LogP contribution in [0.2, 0.25) is 0 Å². The molecule has 1 N–H and O–H groups in total. The fraction of sp³-hybridized carbons (Fsp3) is 0.304. The maximum atomic E-state index is 12.5. The molecular weight excluding hydrogens is 394 g/mol. The van der Waals surface area contributed by atoms with Crippen molar-refractivity contribution in [1.82, 2.24) is 24.6 Å². The van der Waals surface area contributed by atoms with Crippen molar-refractivity contribution in [1.29, 1.82) is 0 Å². The van der Waals surface area contributed by atoms with Crippen LogP contribution >= 0.6 is 0 Å². The summed E-state index contributed by atoms with van der Waals surface area (Å²) in [5, 5.41) is 7.68. The van der Waals surface area contributed by atoms with E-state index in [2.05, 4.69) is 15.0 Å². The van der Waals surface area contributed by atoms with Crippen LogP contribution in [-0.4, -0.2) is 25.2 Å². The summed E-state index contributed by atoms with van der Waals surface area (Å²) >= 11 is 0. The van der Waals surface area contributed by atoms with Gasteiger partial charge in [-0.25, -0.2) is 4.79 Å². The molecule has 1 aromatic carbocycles. The van der Waals surface area contributed by atoms with Gasteiger partial charge in [-0.2, -0.15) is 5.10 Å². The van der Waals surface area contributed by atoms with Crippen molar-refractivity contribution in [3.63, 3.8) is 0 Å². The number of nitrogens with one attached hydrogen (secondary N) is 1. The quantitative estimate of drug-likeness (QED) is 0.519. The molecule has 8 nitrogen and oxygen atoms in total. The Bertz CT molecular complexity index is 1270. The lowest BCUT2D eigenvalue weighted by molar-refractivity contribution is -0.121. The normalized spacial score (nSPS) is 14.3. The van der Waals surface area contributed by atoms with Crippen molar-refractivity contribution in [3.8, 4) is 11.3 Å². The fourth-order valence-electron chi connectivity index (χ4n) is 4.25. The Morgan fingerprint density at radius 2 is 1.90 bits per heavy atom. The molecule has 3 heterocycles. The molecule has 0 radical (unpaired) electrons. The molecule has 1 amide bonds. The van der Waals surface area contributed by atoms with E-state index in [0.717, 1.165) is 29.8 Å². The smallest absolute Gasteiger partial charge is 0.408 e. The number of benzene rings is 1. The van der Waals surface area contributed by atoms with E-state index in [-0.39, 0.29) is 12.5 Å². The Morgan fingerprint density at radius 3 is 2.71 bits per heavy atom. The van der Waals surface area contributed by atoms with E-state index in [1.165, 1.54) is 17.4 Å². The van der Waals surface area contributed by atoms with Crippen LogP contribution in [0.1, 0.15) is 37.4 Å².